The predicted octanol–water partition coefficient (Wildman–Crippen LogP) is 3.88. The third kappa shape index (κ3) is 5.19. The number of nitrogens with zero attached hydrogens (tertiary/aromatic N) is 1. The number of hydrogen-bond acceptors (Lipinski definition) is 4. The maximum Gasteiger partial charge on any atom is 0.260 e. The van der Waals surface area contributed by atoms with Gasteiger partial charge in [-0.05, 0) is 53.6 Å². The van der Waals surface area contributed by atoms with Crippen LogP contribution in [0.3, 0.4) is 0 Å². The summed E-state index contributed by atoms with van der Waals surface area (Å²) in [6.45, 7) is 1.89. The number of hydrogen-bond donors (Lipinski definition) is 1. The van der Waals surface area contributed by atoms with Crippen molar-refractivity contribution in [1.29, 1.82) is 0 Å². The maximum absolute atomic E-state index is 12.5. The number of benzene rings is 2. The molecule has 2 aromatic carbocycles. The minimum absolute atomic E-state index is 0.0150. The van der Waals surface area contributed by atoms with Crippen LogP contribution in [0.15, 0.2) is 60.0 Å². The van der Waals surface area contributed by atoms with Crippen LogP contribution in [0.1, 0.15) is 17.7 Å². The summed E-state index contributed by atoms with van der Waals surface area (Å²) in [6, 6.07) is 18.0. The summed E-state index contributed by atoms with van der Waals surface area (Å²) in [4.78, 5) is 28.0. The van der Waals surface area contributed by atoms with Gasteiger partial charge in [0.15, 0.2) is 6.61 Å². The fourth-order valence-electron chi connectivity index (χ4n) is 3.79. The standard InChI is InChI=1S/C24H26N2O3S/c27-23(17-29-21-8-7-18-4-1-2-5-20(18)16-21)26-13-10-19(11-14-26)24(28)25-12-9-22-6-3-15-30-22/h1-8,15-16,19H,9-14,17H2,(H,25,28). The molecule has 0 saturated carbocycles. The van der Waals surface area contributed by atoms with Crippen molar-refractivity contribution in [3.05, 3.63) is 64.9 Å². The van der Waals surface area contributed by atoms with Crippen LogP contribution < -0.4 is 10.1 Å². The van der Waals surface area contributed by atoms with Crippen molar-refractivity contribution in [3.63, 3.8) is 0 Å². The van der Waals surface area contributed by atoms with Crippen LogP contribution >= 0.6 is 11.3 Å². The monoisotopic (exact) mass is 422 g/mol. The number of ether oxygens (including phenoxy) is 1. The number of fused-ring (bicyclic) bond motifs is 1. The molecule has 0 aliphatic carbocycles. The molecule has 156 valence electrons. The van der Waals surface area contributed by atoms with Crippen molar-refractivity contribution in [2.75, 3.05) is 26.2 Å². The molecule has 0 radical (unpaired) electrons. The number of thiophene rings is 1. The molecule has 1 aliphatic heterocycles. The summed E-state index contributed by atoms with van der Waals surface area (Å²) in [5, 5.41) is 7.32. The van der Waals surface area contributed by atoms with Crippen LogP contribution in [-0.4, -0.2) is 43.0 Å². The Balaban J connectivity index is 1.19. The Kier molecular flexibility index (Phi) is 6.64. The molecular formula is C24H26N2O3S. The van der Waals surface area contributed by atoms with Crippen molar-refractivity contribution < 1.29 is 14.3 Å². The molecule has 1 fully saturated rings. The third-order valence-electron chi connectivity index (χ3n) is 5.55. The summed E-state index contributed by atoms with van der Waals surface area (Å²) in [5.74, 6) is 0.756. The zero-order chi connectivity index (χ0) is 20.8. The molecule has 30 heavy (non-hydrogen) atoms. The van der Waals surface area contributed by atoms with E-state index in [4.69, 9.17) is 4.74 Å². The molecule has 5 nitrogen and oxygen atoms in total. The highest BCUT2D eigenvalue weighted by Gasteiger charge is 2.27. The molecule has 1 N–H and O–H groups in total. The lowest BCUT2D eigenvalue weighted by atomic mass is 9.96. The molecule has 2 amide bonds. The smallest absolute Gasteiger partial charge is 0.260 e. The first-order valence-electron chi connectivity index (χ1n) is 10.4. The average molecular weight is 423 g/mol. The van der Waals surface area contributed by atoms with E-state index in [0.717, 1.165) is 17.2 Å². The summed E-state index contributed by atoms with van der Waals surface area (Å²) in [7, 11) is 0. The van der Waals surface area contributed by atoms with Gasteiger partial charge in [-0.25, -0.2) is 0 Å². The van der Waals surface area contributed by atoms with Crippen molar-refractivity contribution in [2.24, 2.45) is 5.92 Å². The number of amides is 2. The second-order valence-corrected chi connectivity index (χ2v) is 8.61. The third-order valence-corrected chi connectivity index (χ3v) is 6.49. The van der Waals surface area contributed by atoms with Gasteiger partial charge in [0.25, 0.3) is 5.91 Å². The van der Waals surface area contributed by atoms with Crippen molar-refractivity contribution in [1.82, 2.24) is 10.2 Å². The van der Waals surface area contributed by atoms with Crippen LogP contribution in [0.4, 0.5) is 0 Å². The lowest BCUT2D eigenvalue weighted by Gasteiger charge is -2.31. The summed E-state index contributed by atoms with van der Waals surface area (Å²) < 4.78 is 5.72. The normalized spacial score (nSPS) is 14.6. The minimum atomic E-state index is -0.0280. The molecule has 1 aliphatic rings. The lowest BCUT2D eigenvalue weighted by molar-refractivity contribution is -0.137. The number of rotatable bonds is 7. The first kappa shape index (κ1) is 20.4. The number of carbonyl (C=O) groups excluding carboxylic acids is 2. The lowest BCUT2D eigenvalue weighted by Crippen LogP contribution is -2.44. The fourth-order valence-corrected chi connectivity index (χ4v) is 4.50. The molecule has 1 saturated heterocycles. The zero-order valence-corrected chi connectivity index (χ0v) is 17.7. The fraction of sp³-hybridized carbons (Fsp3) is 0.333. The van der Waals surface area contributed by atoms with Crippen LogP contribution in [-0.2, 0) is 16.0 Å². The van der Waals surface area contributed by atoms with Crippen molar-refractivity contribution in [3.8, 4) is 5.75 Å². The average Bonchev–Trinajstić information content (AvgIpc) is 3.31. The molecule has 0 bridgehead atoms. The van der Waals surface area contributed by atoms with E-state index >= 15 is 0 Å². The Morgan fingerprint density at radius 1 is 1.03 bits per heavy atom. The Morgan fingerprint density at radius 3 is 2.60 bits per heavy atom. The van der Waals surface area contributed by atoms with Crippen molar-refractivity contribution in [2.45, 2.75) is 19.3 Å². The van der Waals surface area contributed by atoms with Gasteiger partial charge in [0.05, 0.1) is 0 Å². The Morgan fingerprint density at radius 2 is 1.83 bits per heavy atom. The summed E-state index contributed by atoms with van der Waals surface area (Å²) in [6.07, 6.45) is 2.27. The highest BCUT2D eigenvalue weighted by atomic mass is 32.1. The molecule has 0 spiro atoms. The number of likely N-dealkylation sites (tertiary alicyclic amines) is 1. The molecule has 0 atom stereocenters. The highest BCUT2D eigenvalue weighted by Crippen LogP contribution is 2.21. The van der Waals surface area contributed by atoms with E-state index in [2.05, 4.69) is 11.4 Å². The van der Waals surface area contributed by atoms with Gasteiger partial charge in [-0.1, -0.05) is 36.4 Å². The van der Waals surface area contributed by atoms with E-state index < -0.39 is 0 Å². The Bertz CT molecular complexity index is 995. The van der Waals surface area contributed by atoms with Gasteiger partial charge in [-0.2, -0.15) is 0 Å². The Labute approximate surface area is 180 Å². The largest absolute Gasteiger partial charge is 0.484 e. The van der Waals surface area contributed by atoms with Gasteiger partial charge < -0.3 is 15.0 Å². The number of nitrogens with one attached hydrogen (secondary N) is 1. The van der Waals surface area contributed by atoms with Crippen LogP contribution in [0.25, 0.3) is 10.8 Å². The maximum atomic E-state index is 12.5. The highest BCUT2D eigenvalue weighted by molar-refractivity contribution is 7.09. The summed E-state index contributed by atoms with van der Waals surface area (Å²) in [5.41, 5.74) is 0. The minimum Gasteiger partial charge on any atom is -0.484 e. The van der Waals surface area contributed by atoms with Gasteiger partial charge in [0.2, 0.25) is 5.91 Å². The molecular weight excluding hydrogens is 396 g/mol. The number of carbonyl (C=O) groups is 2. The van der Waals surface area contributed by atoms with Crippen molar-refractivity contribution >= 4 is 33.9 Å². The second-order valence-electron chi connectivity index (χ2n) is 7.57. The van der Waals surface area contributed by atoms with Gasteiger partial charge in [0.1, 0.15) is 5.75 Å². The SMILES string of the molecule is O=C(NCCc1cccs1)C1CCN(C(=O)COc2ccc3ccccc3c2)CC1. The molecule has 2 heterocycles. The van der Waals surface area contributed by atoms with Gasteiger partial charge in [0, 0.05) is 30.4 Å². The van der Waals surface area contributed by atoms with E-state index in [1.807, 2.05) is 53.9 Å². The van der Waals surface area contributed by atoms with Crippen LogP contribution in [0.5, 0.6) is 5.75 Å². The Hall–Kier alpha value is -2.86. The quantitative estimate of drug-likeness (QED) is 0.629. The van der Waals surface area contributed by atoms with Gasteiger partial charge in [-0.3, -0.25) is 9.59 Å². The second kappa shape index (κ2) is 9.76. The zero-order valence-electron chi connectivity index (χ0n) is 16.9. The first-order valence-corrected chi connectivity index (χ1v) is 11.3. The van der Waals surface area contributed by atoms with Crippen LogP contribution in [0, 0.1) is 5.92 Å². The van der Waals surface area contributed by atoms with E-state index in [1.165, 1.54) is 4.88 Å². The molecule has 0 unspecified atom stereocenters. The number of piperidine rings is 1. The first-order chi connectivity index (χ1) is 14.7. The molecule has 1 aromatic heterocycles. The van der Waals surface area contributed by atoms with Crippen LogP contribution in [0.2, 0.25) is 0 Å². The van der Waals surface area contributed by atoms with E-state index in [0.29, 0.717) is 38.2 Å². The molecule has 4 rings (SSSR count). The molecule has 6 heteroatoms. The van der Waals surface area contributed by atoms with E-state index in [9.17, 15) is 9.59 Å². The predicted molar refractivity (Wildman–Crippen MR) is 120 cm³/mol. The molecule has 3 aromatic rings. The van der Waals surface area contributed by atoms with E-state index in [1.54, 1.807) is 16.2 Å². The van der Waals surface area contributed by atoms with E-state index in [-0.39, 0.29) is 24.3 Å². The summed E-state index contributed by atoms with van der Waals surface area (Å²) >= 11 is 1.71. The topological polar surface area (TPSA) is 58.6 Å². The van der Waals surface area contributed by atoms with Gasteiger partial charge >= 0.3 is 0 Å². The van der Waals surface area contributed by atoms with Gasteiger partial charge in [-0.15, -0.1) is 11.3 Å².